The number of aryl methyl sites for hydroxylation is 3. The van der Waals surface area contributed by atoms with Gasteiger partial charge in [-0.1, -0.05) is 0 Å². The number of aromatic amines is 1. The number of nitrogens with one attached hydrogen (secondary N) is 2. The maximum Gasteiger partial charge on any atom is 0.416 e. The first kappa shape index (κ1) is 22.7. The molecule has 0 aliphatic rings. The summed E-state index contributed by atoms with van der Waals surface area (Å²) >= 11 is 0. The molecule has 1 atom stereocenters. The summed E-state index contributed by atoms with van der Waals surface area (Å²) in [5.74, 6) is -0.237. The molecular formula is C25H23F3N6O. The van der Waals surface area contributed by atoms with Crippen LogP contribution >= 0.6 is 0 Å². The fourth-order valence-electron chi connectivity index (χ4n) is 4.64. The van der Waals surface area contributed by atoms with Crippen molar-refractivity contribution in [3.05, 3.63) is 76.7 Å². The van der Waals surface area contributed by atoms with Crippen molar-refractivity contribution in [2.24, 2.45) is 7.05 Å². The van der Waals surface area contributed by atoms with Crippen molar-refractivity contribution < 1.29 is 18.0 Å². The molecule has 2 N–H and O–H groups in total. The van der Waals surface area contributed by atoms with Crippen molar-refractivity contribution >= 4 is 27.8 Å². The van der Waals surface area contributed by atoms with Crippen LogP contribution in [0.1, 0.15) is 45.8 Å². The maximum absolute atomic E-state index is 13.1. The van der Waals surface area contributed by atoms with Crippen LogP contribution in [-0.4, -0.2) is 30.5 Å². The second kappa shape index (κ2) is 8.00. The van der Waals surface area contributed by atoms with Gasteiger partial charge in [0.1, 0.15) is 0 Å². The van der Waals surface area contributed by atoms with E-state index in [1.807, 2.05) is 27.0 Å². The lowest BCUT2D eigenvalue weighted by Gasteiger charge is -2.15. The van der Waals surface area contributed by atoms with Crippen LogP contribution in [0.2, 0.25) is 0 Å². The number of rotatable bonds is 4. The van der Waals surface area contributed by atoms with Gasteiger partial charge >= 0.3 is 6.18 Å². The summed E-state index contributed by atoms with van der Waals surface area (Å²) in [6.07, 6.45) is -2.58. The average Bonchev–Trinajstić information content (AvgIpc) is 3.43. The third-order valence-electron chi connectivity index (χ3n) is 6.23. The lowest BCUT2D eigenvalue weighted by atomic mass is 10.1. The molecular weight excluding hydrogens is 457 g/mol. The normalized spacial score (nSPS) is 13.0. The molecule has 0 aliphatic carbocycles. The minimum Gasteiger partial charge on any atom is -0.345 e. The number of carbonyl (C=O) groups is 1. The summed E-state index contributed by atoms with van der Waals surface area (Å²) in [6.45, 7) is 5.70. The number of H-pyrrole nitrogens is 1. The van der Waals surface area contributed by atoms with Crippen molar-refractivity contribution in [2.75, 3.05) is 0 Å². The zero-order valence-electron chi connectivity index (χ0n) is 19.5. The fourth-order valence-corrected chi connectivity index (χ4v) is 4.64. The van der Waals surface area contributed by atoms with Gasteiger partial charge in [0, 0.05) is 46.5 Å². The molecule has 0 radical (unpaired) electrons. The van der Waals surface area contributed by atoms with Crippen LogP contribution in [0.3, 0.4) is 0 Å². The predicted molar refractivity (Wildman–Crippen MR) is 126 cm³/mol. The number of fused-ring (bicyclic) bond motifs is 3. The third kappa shape index (κ3) is 3.84. The van der Waals surface area contributed by atoms with Crippen molar-refractivity contribution in [2.45, 2.75) is 33.0 Å². The molecule has 35 heavy (non-hydrogen) atoms. The van der Waals surface area contributed by atoms with Crippen LogP contribution in [0, 0.1) is 13.8 Å². The van der Waals surface area contributed by atoms with Gasteiger partial charge in [-0.3, -0.25) is 19.1 Å². The fraction of sp³-hybridized carbons (Fsp3) is 0.240. The number of hydrogen-bond donors (Lipinski definition) is 2. The van der Waals surface area contributed by atoms with E-state index in [2.05, 4.69) is 20.6 Å². The Morgan fingerprint density at radius 1 is 1.09 bits per heavy atom. The Kier molecular flexibility index (Phi) is 5.19. The van der Waals surface area contributed by atoms with E-state index in [1.165, 1.54) is 12.1 Å². The standard InChI is InChI=1S/C25H23F3N6O/c1-13(22-14(2)30-31-15(22)3)29-24(35)16-5-10-21-19(11-16)20-12-33(4)32-23(20)34(21)18-8-6-17(7-9-18)25(26,27)28/h5-13H,1-4H3,(H,29,35)(H,30,31). The molecule has 2 aromatic carbocycles. The highest BCUT2D eigenvalue weighted by Crippen LogP contribution is 2.34. The Balaban J connectivity index is 1.56. The molecule has 0 aliphatic heterocycles. The van der Waals surface area contributed by atoms with Gasteiger partial charge in [0.15, 0.2) is 5.65 Å². The van der Waals surface area contributed by atoms with Gasteiger partial charge in [0.2, 0.25) is 0 Å². The Morgan fingerprint density at radius 2 is 1.80 bits per heavy atom. The van der Waals surface area contributed by atoms with E-state index in [1.54, 1.807) is 34.5 Å². The van der Waals surface area contributed by atoms with Crippen molar-refractivity contribution in [1.29, 1.82) is 0 Å². The Hall–Kier alpha value is -4.08. The second-order valence-electron chi connectivity index (χ2n) is 8.69. The minimum atomic E-state index is -4.41. The number of aromatic nitrogens is 5. The van der Waals surface area contributed by atoms with Gasteiger partial charge in [0.25, 0.3) is 5.91 Å². The highest BCUT2D eigenvalue weighted by molar-refractivity contribution is 6.10. The molecule has 0 bridgehead atoms. The smallest absolute Gasteiger partial charge is 0.345 e. The van der Waals surface area contributed by atoms with E-state index in [0.29, 0.717) is 16.9 Å². The topological polar surface area (TPSA) is 80.5 Å². The first-order valence-corrected chi connectivity index (χ1v) is 11.0. The van der Waals surface area contributed by atoms with Gasteiger partial charge in [0.05, 0.1) is 22.8 Å². The van der Waals surface area contributed by atoms with E-state index in [-0.39, 0.29) is 11.9 Å². The number of halogens is 3. The summed E-state index contributed by atoms with van der Waals surface area (Å²) in [7, 11) is 1.77. The minimum absolute atomic E-state index is 0.237. The van der Waals surface area contributed by atoms with Crippen molar-refractivity contribution in [3.8, 4) is 5.69 Å². The van der Waals surface area contributed by atoms with E-state index >= 15 is 0 Å². The molecule has 5 rings (SSSR count). The van der Waals surface area contributed by atoms with E-state index in [9.17, 15) is 18.0 Å². The van der Waals surface area contributed by atoms with Crippen LogP contribution in [0.5, 0.6) is 0 Å². The van der Waals surface area contributed by atoms with E-state index in [0.717, 1.165) is 45.4 Å². The Morgan fingerprint density at radius 3 is 2.43 bits per heavy atom. The maximum atomic E-state index is 13.1. The Bertz CT molecular complexity index is 1550. The quantitative estimate of drug-likeness (QED) is 0.363. The molecule has 7 nitrogen and oxygen atoms in total. The molecule has 0 saturated heterocycles. The van der Waals surface area contributed by atoms with Crippen molar-refractivity contribution in [3.63, 3.8) is 0 Å². The zero-order chi connectivity index (χ0) is 25.1. The largest absolute Gasteiger partial charge is 0.416 e. The van der Waals surface area contributed by atoms with Crippen molar-refractivity contribution in [1.82, 2.24) is 29.9 Å². The third-order valence-corrected chi connectivity index (χ3v) is 6.23. The molecule has 0 saturated carbocycles. The van der Waals surface area contributed by atoms with E-state index < -0.39 is 11.7 Å². The number of hydrogen-bond acceptors (Lipinski definition) is 3. The van der Waals surface area contributed by atoms with Crippen LogP contribution < -0.4 is 5.32 Å². The highest BCUT2D eigenvalue weighted by atomic mass is 19.4. The molecule has 3 heterocycles. The van der Waals surface area contributed by atoms with E-state index in [4.69, 9.17) is 0 Å². The molecule has 0 spiro atoms. The van der Waals surface area contributed by atoms with Gasteiger partial charge in [-0.2, -0.15) is 23.4 Å². The molecule has 1 amide bonds. The lowest BCUT2D eigenvalue weighted by Crippen LogP contribution is -2.27. The number of carbonyl (C=O) groups excluding carboxylic acids is 1. The molecule has 3 aromatic heterocycles. The second-order valence-corrected chi connectivity index (χ2v) is 8.69. The van der Waals surface area contributed by atoms with Crippen LogP contribution in [0.15, 0.2) is 48.7 Å². The van der Waals surface area contributed by atoms with Gasteiger partial charge in [-0.15, -0.1) is 0 Å². The van der Waals surface area contributed by atoms with Crippen LogP contribution in [-0.2, 0) is 13.2 Å². The summed E-state index contributed by atoms with van der Waals surface area (Å²) in [6, 6.07) is 10.0. The molecule has 5 aromatic rings. The molecule has 180 valence electrons. The summed E-state index contributed by atoms with van der Waals surface area (Å²) < 4.78 is 42.6. The van der Waals surface area contributed by atoms with Crippen LogP contribution in [0.4, 0.5) is 13.2 Å². The molecule has 1 unspecified atom stereocenters. The van der Waals surface area contributed by atoms with Gasteiger partial charge < -0.3 is 5.32 Å². The average molecular weight is 480 g/mol. The molecule has 0 fully saturated rings. The number of amides is 1. The highest BCUT2D eigenvalue weighted by Gasteiger charge is 2.30. The molecule has 10 heteroatoms. The lowest BCUT2D eigenvalue weighted by molar-refractivity contribution is -0.137. The number of alkyl halides is 3. The zero-order valence-corrected chi connectivity index (χ0v) is 19.5. The SMILES string of the molecule is Cc1n[nH]c(C)c1C(C)NC(=O)c1ccc2c(c1)c1cn(C)nc1n2-c1ccc(C(F)(F)F)cc1. The number of nitrogens with zero attached hydrogens (tertiary/aromatic N) is 4. The predicted octanol–water partition coefficient (Wildman–Crippen LogP) is 5.37. The van der Waals surface area contributed by atoms with Gasteiger partial charge in [-0.25, -0.2) is 0 Å². The summed E-state index contributed by atoms with van der Waals surface area (Å²) in [5.41, 5.74) is 4.32. The Labute approximate surface area is 198 Å². The first-order chi connectivity index (χ1) is 16.5. The number of benzene rings is 2. The summed E-state index contributed by atoms with van der Waals surface area (Å²) in [5, 5.41) is 16.2. The first-order valence-electron chi connectivity index (χ1n) is 11.0. The van der Waals surface area contributed by atoms with Gasteiger partial charge in [-0.05, 0) is 63.2 Å². The van der Waals surface area contributed by atoms with Crippen LogP contribution in [0.25, 0.3) is 27.6 Å². The summed E-state index contributed by atoms with van der Waals surface area (Å²) in [4.78, 5) is 13.1. The monoisotopic (exact) mass is 480 g/mol.